The van der Waals surface area contributed by atoms with Crippen LogP contribution in [0.15, 0.2) is 60.8 Å². The molecule has 2 N–H and O–H groups in total. The van der Waals surface area contributed by atoms with Gasteiger partial charge in [0.15, 0.2) is 0 Å². The van der Waals surface area contributed by atoms with Crippen LogP contribution in [-0.4, -0.2) is 30.8 Å². The number of ether oxygens (including phenoxy) is 1. The molecule has 0 saturated heterocycles. The van der Waals surface area contributed by atoms with Crippen molar-refractivity contribution >= 4 is 11.9 Å². The third-order valence-electron chi connectivity index (χ3n) is 5.55. The molecular formula is C25H21N3O2. The largest absolute Gasteiger partial charge is 0.449 e. The Hall–Kier alpha value is -3.78. The van der Waals surface area contributed by atoms with Crippen molar-refractivity contribution < 1.29 is 9.53 Å². The normalized spacial score (nSPS) is 13.3. The maximum absolute atomic E-state index is 12.2. The highest BCUT2D eigenvalue weighted by molar-refractivity contribution is 5.79. The van der Waals surface area contributed by atoms with Crippen LogP contribution in [0.1, 0.15) is 28.2 Å². The van der Waals surface area contributed by atoms with E-state index < -0.39 is 6.09 Å². The summed E-state index contributed by atoms with van der Waals surface area (Å²) >= 11 is 0. The van der Waals surface area contributed by atoms with E-state index in [-0.39, 0.29) is 12.5 Å². The number of pyridine rings is 1. The molecule has 1 aliphatic carbocycles. The van der Waals surface area contributed by atoms with E-state index in [0.29, 0.717) is 6.61 Å². The summed E-state index contributed by atoms with van der Waals surface area (Å²) in [5, 5.41) is 5.94. The number of benzene rings is 2. The highest BCUT2D eigenvalue weighted by Gasteiger charge is 2.28. The highest BCUT2D eigenvalue weighted by Crippen LogP contribution is 2.44. The third kappa shape index (κ3) is 3.48. The lowest BCUT2D eigenvalue weighted by molar-refractivity contribution is 0.144. The van der Waals surface area contributed by atoms with Crippen LogP contribution in [0.3, 0.4) is 0 Å². The quantitative estimate of drug-likeness (QED) is 0.660. The second-order valence-electron chi connectivity index (χ2n) is 7.39. The van der Waals surface area contributed by atoms with E-state index >= 15 is 0 Å². The smallest absolute Gasteiger partial charge is 0.407 e. The minimum Gasteiger partial charge on any atom is -0.449 e. The molecular weight excluding hydrogens is 374 g/mol. The molecule has 1 aliphatic heterocycles. The van der Waals surface area contributed by atoms with Crippen molar-refractivity contribution in [3.05, 3.63) is 83.0 Å². The minimum absolute atomic E-state index is 0.0559. The standard InChI is InChI=1S/C25H21N3O2/c29-25(27-12-5-6-17-14-18-11-13-26-24(18)28-15-17)30-16-23-21-9-3-1-7-19(21)20-8-2-4-10-22(20)23/h1-4,7-10,14-15,23H,11-13,16H2,(H,26,28)(H,27,29). The number of nitrogens with zero attached hydrogens (tertiary/aromatic N) is 1. The average molecular weight is 395 g/mol. The lowest BCUT2D eigenvalue weighted by Gasteiger charge is -2.14. The van der Waals surface area contributed by atoms with E-state index in [1.54, 1.807) is 6.20 Å². The molecule has 0 saturated carbocycles. The monoisotopic (exact) mass is 395 g/mol. The molecule has 0 fully saturated rings. The lowest BCUT2D eigenvalue weighted by Crippen LogP contribution is -2.26. The van der Waals surface area contributed by atoms with E-state index in [0.717, 1.165) is 24.3 Å². The summed E-state index contributed by atoms with van der Waals surface area (Å²) in [6.07, 6.45) is 2.26. The number of anilines is 1. The zero-order chi connectivity index (χ0) is 20.3. The van der Waals surface area contributed by atoms with Crippen LogP contribution >= 0.6 is 0 Å². The summed E-state index contributed by atoms with van der Waals surface area (Å²) in [5.74, 6) is 7.00. The molecule has 0 atom stereocenters. The Balaban J connectivity index is 1.18. The van der Waals surface area contributed by atoms with Gasteiger partial charge in [-0.25, -0.2) is 9.78 Å². The van der Waals surface area contributed by atoms with Crippen molar-refractivity contribution in [3.63, 3.8) is 0 Å². The molecule has 5 rings (SSSR count). The van der Waals surface area contributed by atoms with Gasteiger partial charge in [0.1, 0.15) is 12.4 Å². The van der Waals surface area contributed by atoms with Gasteiger partial charge in [-0.3, -0.25) is 0 Å². The van der Waals surface area contributed by atoms with Crippen molar-refractivity contribution in [2.24, 2.45) is 0 Å². The number of alkyl carbamates (subject to hydrolysis) is 1. The molecule has 0 bridgehead atoms. The summed E-state index contributed by atoms with van der Waals surface area (Å²) in [4.78, 5) is 16.5. The fourth-order valence-electron chi connectivity index (χ4n) is 4.16. The second-order valence-corrected chi connectivity index (χ2v) is 7.39. The Morgan fingerprint density at radius 3 is 2.63 bits per heavy atom. The van der Waals surface area contributed by atoms with Crippen molar-refractivity contribution in [2.75, 3.05) is 25.0 Å². The van der Waals surface area contributed by atoms with Gasteiger partial charge in [0.05, 0.1) is 6.54 Å². The molecule has 5 nitrogen and oxygen atoms in total. The molecule has 30 heavy (non-hydrogen) atoms. The van der Waals surface area contributed by atoms with Gasteiger partial charge in [-0.1, -0.05) is 60.4 Å². The number of carbonyl (C=O) groups excluding carboxylic acids is 1. The predicted octanol–water partition coefficient (Wildman–Crippen LogP) is 3.94. The molecule has 1 aromatic heterocycles. The molecule has 1 amide bonds. The highest BCUT2D eigenvalue weighted by atomic mass is 16.5. The maximum Gasteiger partial charge on any atom is 0.407 e. The molecule has 2 heterocycles. The van der Waals surface area contributed by atoms with Gasteiger partial charge in [-0.2, -0.15) is 0 Å². The molecule has 5 heteroatoms. The van der Waals surface area contributed by atoms with E-state index in [1.165, 1.54) is 27.8 Å². The zero-order valence-corrected chi connectivity index (χ0v) is 16.4. The predicted molar refractivity (Wildman–Crippen MR) is 116 cm³/mol. The molecule has 3 aromatic rings. The van der Waals surface area contributed by atoms with Gasteiger partial charge < -0.3 is 15.4 Å². The fourth-order valence-corrected chi connectivity index (χ4v) is 4.16. The zero-order valence-electron chi connectivity index (χ0n) is 16.4. The fraction of sp³-hybridized carbons (Fsp3) is 0.200. The van der Waals surface area contributed by atoms with Crippen LogP contribution in [0.2, 0.25) is 0 Å². The third-order valence-corrected chi connectivity index (χ3v) is 5.55. The van der Waals surface area contributed by atoms with Crippen LogP contribution in [-0.2, 0) is 11.2 Å². The van der Waals surface area contributed by atoms with Crippen LogP contribution in [0.4, 0.5) is 10.6 Å². The molecule has 148 valence electrons. The van der Waals surface area contributed by atoms with E-state index in [2.05, 4.69) is 51.7 Å². The molecule has 0 unspecified atom stereocenters. The lowest BCUT2D eigenvalue weighted by atomic mass is 9.98. The Kier molecular flexibility index (Phi) is 4.82. The number of carbonyl (C=O) groups is 1. The van der Waals surface area contributed by atoms with Gasteiger partial charge in [0.2, 0.25) is 0 Å². The van der Waals surface area contributed by atoms with Crippen LogP contribution in [0, 0.1) is 11.8 Å². The first-order chi connectivity index (χ1) is 14.8. The van der Waals surface area contributed by atoms with Crippen molar-refractivity contribution in [2.45, 2.75) is 12.3 Å². The number of nitrogens with one attached hydrogen (secondary N) is 2. The number of aromatic nitrogens is 1. The van der Waals surface area contributed by atoms with Crippen LogP contribution in [0.25, 0.3) is 11.1 Å². The molecule has 0 radical (unpaired) electrons. The van der Waals surface area contributed by atoms with E-state index in [9.17, 15) is 4.79 Å². The first-order valence-corrected chi connectivity index (χ1v) is 10.1. The Morgan fingerprint density at radius 1 is 1.13 bits per heavy atom. The van der Waals surface area contributed by atoms with Gasteiger partial charge >= 0.3 is 6.09 Å². The van der Waals surface area contributed by atoms with Gasteiger partial charge in [0, 0.05) is 24.2 Å². The van der Waals surface area contributed by atoms with Crippen LogP contribution < -0.4 is 10.6 Å². The Bertz CT molecular complexity index is 1130. The summed E-state index contributed by atoms with van der Waals surface area (Å²) in [5.41, 5.74) is 6.87. The van der Waals surface area contributed by atoms with Crippen molar-refractivity contribution in [1.82, 2.24) is 10.3 Å². The topological polar surface area (TPSA) is 63.2 Å². The van der Waals surface area contributed by atoms with Gasteiger partial charge in [0.25, 0.3) is 0 Å². The molecule has 0 spiro atoms. The van der Waals surface area contributed by atoms with Crippen molar-refractivity contribution in [1.29, 1.82) is 0 Å². The van der Waals surface area contributed by atoms with E-state index in [4.69, 9.17) is 4.74 Å². The Morgan fingerprint density at radius 2 is 1.87 bits per heavy atom. The van der Waals surface area contributed by atoms with Crippen molar-refractivity contribution in [3.8, 4) is 23.0 Å². The van der Waals surface area contributed by atoms with Gasteiger partial charge in [-0.05, 0) is 40.3 Å². The summed E-state index contributed by atoms with van der Waals surface area (Å²) < 4.78 is 5.51. The molecule has 2 aliphatic rings. The minimum atomic E-state index is -0.456. The first-order valence-electron chi connectivity index (χ1n) is 10.1. The SMILES string of the molecule is O=C(NCC#Cc1cnc2c(c1)CCN2)OCC1c2ccccc2-c2ccccc21. The number of amides is 1. The molecule has 2 aromatic carbocycles. The van der Waals surface area contributed by atoms with Crippen LogP contribution in [0.5, 0.6) is 0 Å². The number of fused-ring (bicyclic) bond motifs is 4. The average Bonchev–Trinajstić information content (AvgIpc) is 3.37. The van der Waals surface area contributed by atoms with Gasteiger partial charge in [-0.15, -0.1) is 0 Å². The maximum atomic E-state index is 12.2. The summed E-state index contributed by atoms with van der Waals surface area (Å²) in [6.45, 7) is 1.45. The first kappa shape index (κ1) is 18.3. The number of rotatable bonds is 3. The number of hydrogen-bond donors (Lipinski definition) is 2. The second kappa shape index (κ2) is 7.92. The summed E-state index contributed by atoms with van der Waals surface area (Å²) in [6, 6.07) is 18.6. The number of hydrogen-bond acceptors (Lipinski definition) is 4. The Labute approximate surface area is 175 Å². The van der Waals surface area contributed by atoms with E-state index in [1.807, 2.05) is 30.3 Å². The summed E-state index contributed by atoms with van der Waals surface area (Å²) in [7, 11) is 0.